The molecule has 0 aliphatic carbocycles. The summed E-state index contributed by atoms with van der Waals surface area (Å²) in [6.45, 7) is 2.79. The molecule has 0 radical (unpaired) electrons. The standard InChI is InChI=1S/C19H22N4O4S2/c1-13-12-28-19(20-13)21-17(24)11-23-16-6-5-15(10-14(16)4-7-18(23)25)29(26,27)22-8-2-3-9-22/h5-6,10,12H,2-4,7-9,11H2,1H3,(H,20,21,24). The SMILES string of the molecule is Cc1csc(NC(=O)CN2C(=O)CCc3cc(S(=O)(=O)N4CCCC4)ccc32)n1. The van der Waals surface area contributed by atoms with Crippen molar-refractivity contribution in [1.82, 2.24) is 9.29 Å². The van der Waals surface area contributed by atoms with Crippen molar-refractivity contribution >= 4 is 44.0 Å². The fourth-order valence-electron chi connectivity index (χ4n) is 3.66. The molecule has 1 aromatic carbocycles. The van der Waals surface area contributed by atoms with Crippen LogP contribution < -0.4 is 10.2 Å². The van der Waals surface area contributed by atoms with Gasteiger partial charge in [0.15, 0.2) is 5.13 Å². The number of hydrogen-bond donors (Lipinski definition) is 1. The molecule has 4 rings (SSSR count). The van der Waals surface area contributed by atoms with Crippen molar-refractivity contribution in [1.29, 1.82) is 0 Å². The number of fused-ring (bicyclic) bond motifs is 1. The second-order valence-electron chi connectivity index (χ2n) is 7.22. The van der Waals surface area contributed by atoms with Gasteiger partial charge >= 0.3 is 0 Å². The Morgan fingerprint density at radius 1 is 1.24 bits per heavy atom. The Labute approximate surface area is 173 Å². The van der Waals surface area contributed by atoms with Gasteiger partial charge in [0.2, 0.25) is 21.8 Å². The molecule has 1 saturated heterocycles. The second kappa shape index (κ2) is 7.85. The number of rotatable bonds is 5. The molecule has 2 amide bonds. The molecule has 2 aliphatic rings. The molecule has 0 bridgehead atoms. The van der Waals surface area contributed by atoms with Gasteiger partial charge in [-0.25, -0.2) is 13.4 Å². The number of aromatic nitrogens is 1. The maximum Gasteiger partial charge on any atom is 0.246 e. The quantitative estimate of drug-likeness (QED) is 0.777. The van der Waals surface area contributed by atoms with Crippen LogP contribution in [0.4, 0.5) is 10.8 Å². The van der Waals surface area contributed by atoms with Gasteiger partial charge in [0.05, 0.1) is 10.6 Å². The summed E-state index contributed by atoms with van der Waals surface area (Å²) in [6, 6.07) is 4.81. The molecule has 2 aromatic rings. The number of nitrogens with one attached hydrogen (secondary N) is 1. The highest BCUT2D eigenvalue weighted by Gasteiger charge is 2.31. The highest BCUT2D eigenvalue weighted by Crippen LogP contribution is 2.31. The van der Waals surface area contributed by atoms with Gasteiger partial charge in [-0.2, -0.15) is 4.31 Å². The average molecular weight is 435 g/mol. The number of thiazole rings is 1. The van der Waals surface area contributed by atoms with Crippen molar-refractivity contribution < 1.29 is 18.0 Å². The molecule has 0 saturated carbocycles. The van der Waals surface area contributed by atoms with Crippen LogP contribution >= 0.6 is 11.3 Å². The van der Waals surface area contributed by atoms with Gasteiger partial charge in [0, 0.05) is 30.6 Å². The van der Waals surface area contributed by atoms with E-state index in [0.717, 1.165) is 24.1 Å². The topological polar surface area (TPSA) is 99.7 Å². The zero-order valence-electron chi connectivity index (χ0n) is 16.1. The van der Waals surface area contributed by atoms with E-state index in [1.54, 1.807) is 12.1 Å². The molecular weight excluding hydrogens is 412 g/mol. The van der Waals surface area contributed by atoms with Gasteiger partial charge in [-0.1, -0.05) is 0 Å². The third-order valence-electron chi connectivity index (χ3n) is 5.12. The molecule has 29 heavy (non-hydrogen) atoms. The van der Waals surface area contributed by atoms with Gasteiger partial charge in [0.25, 0.3) is 0 Å². The van der Waals surface area contributed by atoms with Crippen LogP contribution in [0.25, 0.3) is 0 Å². The molecule has 3 heterocycles. The predicted octanol–water partition coefficient (Wildman–Crippen LogP) is 2.15. The van der Waals surface area contributed by atoms with E-state index in [2.05, 4.69) is 10.3 Å². The third kappa shape index (κ3) is 4.05. The first-order valence-corrected chi connectivity index (χ1v) is 11.8. The van der Waals surface area contributed by atoms with Gasteiger partial charge in [0.1, 0.15) is 6.54 Å². The molecule has 0 unspecified atom stereocenters. The van der Waals surface area contributed by atoms with E-state index in [-0.39, 0.29) is 29.7 Å². The first kappa shape index (κ1) is 20.0. The summed E-state index contributed by atoms with van der Waals surface area (Å²) in [4.78, 5) is 30.7. The van der Waals surface area contributed by atoms with Gasteiger partial charge in [-0.05, 0) is 49.9 Å². The van der Waals surface area contributed by atoms with Crippen LogP contribution in [0.2, 0.25) is 0 Å². The van der Waals surface area contributed by atoms with E-state index in [1.807, 2.05) is 12.3 Å². The third-order valence-corrected chi connectivity index (χ3v) is 7.89. The predicted molar refractivity (Wildman–Crippen MR) is 111 cm³/mol. The maximum atomic E-state index is 12.8. The lowest BCUT2D eigenvalue weighted by molar-refractivity contribution is -0.121. The van der Waals surface area contributed by atoms with E-state index in [9.17, 15) is 18.0 Å². The lowest BCUT2D eigenvalue weighted by atomic mass is 10.0. The smallest absolute Gasteiger partial charge is 0.246 e. The molecule has 0 spiro atoms. The van der Waals surface area contributed by atoms with E-state index in [4.69, 9.17) is 0 Å². The number of nitrogens with zero attached hydrogens (tertiary/aromatic N) is 3. The minimum absolute atomic E-state index is 0.136. The zero-order valence-corrected chi connectivity index (χ0v) is 17.7. The number of amides is 2. The largest absolute Gasteiger partial charge is 0.303 e. The summed E-state index contributed by atoms with van der Waals surface area (Å²) in [5.41, 5.74) is 2.17. The van der Waals surface area contributed by atoms with Crippen molar-refractivity contribution in [2.45, 2.75) is 37.5 Å². The summed E-state index contributed by atoms with van der Waals surface area (Å²) >= 11 is 1.33. The highest BCUT2D eigenvalue weighted by molar-refractivity contribution is 7.89. The van der Waals surface area contributed by atoms with E-state index < -0.39 is 10.0 Å². The van der Waals surface area contributed by atoms with E-state index in [0.29, 0.717) is 30.3 Å². The van der Waals surface area contributed by atoms with Crippen LogP contribution in [-0.2, 0) is 26.0 Å². The molecule has 8 nitrogen and oxygen atoms in total. The summed E-state index contributed by atoms with van der Waals surface area (Å²) in [6.07, 6.45) is 2.45. The van der Waals surface area contributed by atoms with Crippen LogP contribution in [0.15, 0.2) is 28.5 Å². The number of aryl methyl sites for hydroxylation is 2. The lowest BCUT2D eigenvalue weighted by Crippen LogP contribution is -2.41. The van der Waals surface area contributed by atoms with Crippen molar-refractivity contribution in [2.24, 2.45) is 0 Å². The minimum atomic E-state index is -3.52. The molecule has 2 aliphatic heterocycles. The number of sulfonamides is 1. The van der Waals surface area contributed by atoms with Crippen LogP contribution in [0, 0.1) is 6.92 Å². The molecular formula is C19H22N4O4S2. The van der Waals surface area contributed by atoms with Gasteiger partial charge < -0.3 is 10.2 Å². The van der Waals surface area contributed by atoms with Gasteiger partial charge in [-0.15, -0.1) is 11.3 Å². The number of carbonyl (C=O) groups is 2. The number of anilines is 2. The fraction of sp³-hybridized carbons (Fsp3) is 0.421. The Morgan fingerprint density at radius 3 is 2.69 bits per heavy atom. The number of hydrogen-bond acceptors (Lipinski definition) is 6. The zero-order chi connectivity index (χ0) is 20.6. The van der Waals surface area contributed by atoms with Crippen LogP contribution in [0.1, 0.15) is 30.5 Å². The van der Waals surface area contributed by atoms with Crippen LogP contribution in [0.5, 0.6) is 0 Å². The van der Waals surface area contributed by atoms with Gasteiger partial charge in [-0.3, -0.25) is 9.59 Å². The number of benzene rings is 1. The van der Waals surface area contributed by atoms with Crippen molar-refractivity contribution in [3.05, 3.63) is 34.8 Å². The highest BCUT2D eigenvalue weighted by atomic mass is 32.2. The van der Waals surface area contributed by atoms with Crippen molar-refractivity contribution in [3.63, 3.8) is 0 Å². The summed E-state index contributed by atoms with van der Waals surface area (Å²) in [5, 5.41) is 5.03. The Balaban J connectivity index is 1.55. The van der Waals surface area contributed by atoms with E-state index >= 15 is 0 Å². The molecule has 1 fully saturated rings. The van der Waals surface area contributed by atoms with Crippen LogP contribution in [-0.4, -0.2) is 49.2 Å². The Hall–Kier alpha value is -2.30. The van der Waals surface area contributed by atoms with Crippen molar-refractivity contribution in [2.75, 3.05) is 29.9 Å². The second-order valence-corrected chi connectivity index (χ2v) is 10.0. The van der Waals surface area contributed by atoms with Crippen LogP contribution in [0.3, 0.4) is 0 Å². The molecule has 1 N–H and O–H groups in total. The lowest BCUT2D eigenvalue weighted by Gasteiger charge is -2.29. The maximum absolute atomic E-state index is 12.8. The Kier molecular flexibility index (Phi) is 5.41. The van der Waals surface area contributed by atoms with Crippen molar-refractivity contribution in [3.8, 4) is 0 Å². The fourth-order valence-corrected chi connectivity index (χ4v) is 5.93. The number of carbonyl (C=O) groups excluding carboxylic acids is 2. The minimum Gasteiger partial charge on any atom is -0.303 e. The summed E-state index contributed by atoms with van der Waals surface area (Å²) in [5.74, 6) is -0.493. The van der Waals surface area contributed by atoms with E-state index in [1.165, 1.54) is 26.6 Å². The molecule has 10 heteroatoms. The summed E-state index contributed by atoms with van der Waals surface area (Å²) < 4.78 is 27.2. The summed E-state index contributed by atoms with van der Waals surface area (Å²) in [7, 11) is -3.52. The molecule has 154 valence electrons. The normalized spacial score (nSPS) is 17.4. The Bertz CT molecular complexity index is 1060. The molecule has 1 aromatic heterocycles. The monoisotopic (exact) mass is 434 g/mol. The average Bonchev–Trinajstić information content (AvgIpc) is 3.36. The first-order valence-electron chi connectivity index (χ1n) is 9.50. The molecule has 0 atom stereocenters. The first-order chi connectivity index (χ1) is 13.8. The Morgan fingerprint density at radius 2 is 2.00 bits per heavy atom.